The highest BCUT2D eigenvalue weighted by Crippen LogP contribution is 2.21. The van der Waals surface area contributed by atoms with Gasteiger partial charge in [0, 0.05) is 12.8 Å². The fraction of sp³-hybridized carbons (Fsp3) is 0.918. The molecule has 580 valence electrons. The van der Waals surface area contributed by atoms with E-state index in [4.69, 9.17) is 24.7 Å². The van der Waals surface area contributed by atoms with Crippen molar-refractivity contribution in [3.8, 4) is 0 Å². The molecule has 0 aromatic carbocycles. The molecule has 14 heteroatoms. The van der Waals surface area contributed by atoms with Gasteiger partial charge >= 0.3 is 23.9 Å². The number of unbranched alkanes of at least 4 members (excludes halogenated alkanes) is 60. The summed E-state index contributed by atoms with van der Waals surface area (Å²) in [5, 5.41) is 6.19. The Morgan fingerprint density at radius 1 is 0.263 bits per heavy atom. The van der Waals surface area contributed by atoms with Crippen molar-refractivity contribution in [2.45, 2.75) is 476 Å². The van der Waals surface area contributed by atoms with E-state index in [1.54, 1.807) is 0 Å². The van der Waals surface area contributed by atoms with E-state index >= 15 is 0 Å². The van der Waals surface area contributed by atoms with E-state index in [-0.39, 0.29) is 68.7 Å². The molecule has 1 aromatic rings. The molecule has 0 radical (unpaired) electrons. The molecule has 0 amide bonds. The zero-order chi connectivity index (χ0) is 71.5. The van der Waals surface area contributed by atoms with E-state index in [9.17, 15) is 19.2 Å². The topological polar surface area (TPSA) is 194 Å². The Morgan fingerprint density at radius 3 is 0.626 bits per heavy atom. The number of aromatic nitrogens is 3. The van der Waals surface area contributed by atoms with Crippen LogP contribution in [-0.2, 0) is 38.1 Å². The Labute approximate surface area is 611 Å². The minimum Gasteiger partial charge on any atom is -0.466 e. The van der Waals surface area contributed by atoms with Crippen LogP contribution in [0, 0.1) is 0 Å². The number of esters is 4. The number of carbonyl (C=O) groups is 4. The molecule has 2 atom stereocenters. The molecular formula is C85H162N6O8. The molecule has 99 heavy (non-hydrogen) atoms. The van der Waals surface area contributed by atoms with E-state index in [2.05, 4.69) is 53.3 Å². The number of nitrogens with zero attached hydrogens (tertiary/aromatic N) is 3. The SMILES string of the molecule is CCCCCCCCCCCCCCCCCCOC(=O)CC[C@H](Nc1nc(N)nc(N[C@@H](CCC(=O)OCCCCCCCCCCCCCCCCCC)C(=O)OCCCCCCCCCCCCCCCCCC)n1)C(=O)OCCCCCCCCCCCCCCCCCC. The maximum Gasteiger partial charge on any atom is 0.328 e. The predicted octanol–water partition coefficient (Wildman–Crippen LogP) is 25.8. The average Bonchev–Trinajstić information content (AvgIpc) is 0.990. The van der Waals surface area contributed by atoms with Crippen molar-refractivity contribution >= 4 is 41.7 Å². The molecule has 0 bridgehead atoms. The van der Waals surface area contributed by atoms with Gasteiger partial charge in [0.2, 0.25) is 17.8 Å². The van der Waals surface area contributed by atoms with Gasteiger partial charge in [0.15, 0.2) is 0 Å². The number of hydrogen-bond acceptors (Lipinski definition) is 14. The van der Waals surface area contributed by atoms with Crippen molar-refractivity contribution in [2.24, 2.45) is 0 Å². The first-order valence-corrected chi connectivity index (χ1v) is 43.4. The number of rotatable bonds is 80. The standard InChI is InChI=1S/C85H162N6O8/c1-5-9-13-17-21-25-29-33-37-41-45-49-53-57-61-65-73-96-79(92)71-69-77(81(94)98-75-67-63-59-55-51-47-43-39-35-31-27-23-19-15-11-7-3)87-84-89-83(86)90-85(91-84)88-78(82(95)99-76-68-64-60-56-52-48-44-40-36-32-28-24-20-16-12-8-4)70-72-80(93)97-74-66-62-58-54-50-46-42-38-34-30-26-22-18-14-10-6-2/h77-78H,5-76H2,1-4H3,(H4,86,87,88,89,90,91)/t77-,78-/m0/s1. The van der Waals surface area contributed by atoms with Crippen molar-refractivity contribution in [1.82, 2.24) is 15.0 Å². The third kappa shape index (κ3) is 66.0. The van der Waals surface area contributed by atoms with Gasteiger partial charge in [-0.2, -0.15) is 15.0 Å². The van der Waals surface area contributed by atoms with Crippen LogP contribution in [0.4, 0.5) is 17.8 Å². The van der Waals surface area contributed by atoms with Gasteiger partial charge in [-0.05, 0) is 38.5 Å². The predicted molar refractivity (Wildman–Crippen MR) is 420 cm³/mol. The number of anilines is 3. The molecule has 0 fully saturated rings. The van der Waals surface area contributed by atoms with Gasteiger partial charge in [-0.25, -0.2) is 9.59 Å². The Hall–Kier alpha value is -3.71. The van der Waals surface area contributed by atoms with Crippen LogP contribution in [0.3, 0.4) is 0 Å². The van der Waals surface area contributed by atoms with Gasteiger partial charge in [0.05, 0.1) is 26.4 Å². The lowest BCUT2D eigenvalue weighted by Crippen LogP contribution is -2.35. The second-order valence-corrected chi connectivity index (χ2v) is 29.8. The summed E-state index contributed by atoms with van der Waals surface area (Å²) in [5.74, 6) is -1.99. The molecule has 1 aromatic heterocycles. The van der Waals surface area contributed by atoms with Crippen molar-refractivity contribution in [3.63, 3.8) is 0 Å². The Morgan fingerprint density at radius 2 is 0.434 bits per heavy atom. The molecule has 1 rings (SSSR count). The van der Waals surface area contributed by atoms with Crippen LogP contribution in [0.5, 0.6) is 0 Å². The zero-order valence-corrected chi connectivity index (χ0v) is 65.8. The lowest BCUT2D eigenvalue weighted by molar-refractivity contribution is -0.148. The summed E-state index contributed by atoms with van der Waals surface area (Å²) >= 11 is 0. The second-order valence-electron chi connectivity index (χ2n) is 29.8. The van der Waals surface area contributed by atoms with Crippen LogP contribution in [0.15, 0.2) is 0 Å². The molecule has 0 saturated carbocycles. The van der Waals surface area contributed by atoms with Crippen molar-refractivity contribution < 1.29 is 38.1 Å². The molecule has 0 unspecified atom stereocenters. The maximum absolute atomic E-state index is 13.9. The third-order valence-electron chi connectivity index (χ3n) is 20.1. The van der Waals surface area contributed by atoms with Crippen LogP contribution < -0.4 is 16.4 Å². The van der Waals surface area contributed by atoms with Crippen LogP contribution in [0.1, 0.15) is 464 Å². The number of nitrogen functional groups attached to an aromatic ring is 1. The van der Waals surface area contributed by atoms with E-state index in [0.717, 1.165) is 77.0 Å². The molecule has 1 heterocycles. The van der Waals surface area contributed by atoms with Gasteiger partial charge < -0.3 is 35.3 Å². The monoisotopic (exact) mass is 1400 g/mol. The summed E-state index contributed by atoms with van der Waals surface area (Å²) in [7, 11) is 0. The van der Waals surface area contributed by atoms with Crippen LogP contribution in [0.25, 0.3) is 0 Å². The molecule has 0 spiro atoms. The van der Waals surface area contributed by atoms with Crippen molar-refractivity contribution in [1.29, 1.82) is 0 Å². The first kappa shape index (κ1) is 93.3. The summed E-state index contributed by atoms with van der Waals surface area (Å²) in [5.41, 5.74) is 6.31. The molecule has 0 saturated heterocycles. The number of nitrogens with one attached hydrogen (secondary N) is 2. The Bertz CT molecular complexity index is 1780. The van der Waals surface area contributed by atoms with E-state index in [0.29, 0.717) is 13.2 Å². The van der Waals surface area contributed by atoms with E-state index in [1.807, 2.05) is 0 Å². The summed E-state index contributed by atoms with van der Waals surface area (Å²) in [4.78, 5) is 67.4. The van der Waals surface area contributed by atoms with Crippen LogP contribution in [0.2, 0.25) is 0 Å². The van der Waals surface area contributed by atoms with Gasteiger partial charge in [-0.15, -0.1) is 0 Å². The van der Waals surface area contributed by atoms with Gasteiger partial charge in [-0.1, -0.05) is 413 Å². The lowest BCUT2D eigenvalue weighted by atomic mass is 10.0. The summed E-state index contributed by atoms with van der Waals surface area (Å²) in [6, 6.07) is -1.98. The normalized spacial score (nSPS) is 12.0. The minimum absolute atomic E-state index is 0.0146. The Balaban J connectivity index is 2.88. The maximum atomic E-state index is 13.9. The molecular weight excluding hydrogens is 1230 g/mol. The molecule has 0 aliphatic heterocycles. The molecule has 14 nitrogen and oxygen atoms in total. The van der Waals surface area contributed by atoms with Gasteiger partial charge in [-0.3, -0.25) is 9.59 Å². The fourth-order valence-electron chi connectivity index (χ4n) is 13.5. The van der Waals surface area contributed by atoms with Gasteiger partial charge in [0.25, 0.3) is 0 Å². The molecule has 4 N–H and O–H groups in total. The van der Waals surface area contributed by atoms with E-state index in [1.165, 1.54) is 334 Å². The number of nitrogens with two attached hydrogens (primary N) is 1. The van der Waals surface area contributed by atoms with Crippen molar-refractivity contribution in [2.75, 3.05) is 42.8 Å². The second kappa shape index (κ2) is 75.4. The highest BCUT2D eigenvalue weighted by Gasteiger charge is 2.26. The first-order valence-electron chi connectivity index (χ1n) is 43.4. The highest BCUT2D eigenvalue weighted by atomic mass is 16.5. The quantitative estimate of drug-likeness (QED) is 0.0317. The number of carbonyl (C=O) groups excluding carboxylic acids is 4. The Kier molecular flexibility index (Phi) is 71.1. The third-order valence-corrected chi connectivity index (χ3v) is 20.1. The number of ether oxygens (including phenoxy) is 4. The summed E-state index contributed by atoms with van der Waals surface area (Å²) in [6.07, 6.45) is 81.0. The highest BCUT2D eigenvalue weighted by molar-refractivity contribution is 5.81. The summed E-state index contributed by atoms with van der Waals surface area (Å²) in [6.45, 7) is 10.3. The van der Waals surface area contributed by atoms with Crippen LogP contribution in [-0.4, -0.2) is 77.3 Å². The van der Waals surface area contributed by atoms with Gasteiger partial charge in [0.1, 0.15) is 12.1 Å². The van der Waals surface area contributed by atoms with Crippen molar-refractivity contribution in [3.05, 3.63) is 0 Å². The number of hydrogen-bond donors (Lipinski definition) is 3. The fourth-order valence-corrected chi connectivity index (χ4v) is 13.5. The average molecular weight is 1400 g/mol. The first-order chi connectivity index (χ1) is 48.7. The largest absolute Gasteiger partial charge is 0.466 e. The van der Waals surface area contributed by atoms with E-state index < -0.39 is 24.0 Å². The zero-order valence-electron chi connectivity index (χ0n) is 65.8. The summed E-state index contributed by atoms with van der Waals surface area (Å²) < 4.78 is 23.1. The smallest absolute Gasteiger partial charge is 0.328 e. The minimum atomic E-state index is -0.992. The molecule has 0 aliphatic rings. The molecule has 0 aliphatic carbocycles. The lowest BCUT2D eigenvalue weighted by Gasteiger charge is -2.20. The van der Waals surface area contributed by atoms with Crippen LogP contribution >= 0.6 is 0 Å².